The standard InChI is InChI=1S/C16H14N2O4S/c1-9(13-6-7-14(23-13)16(20)18-21)17-15(19)12-8-10-4-2-3-5-11(10)22-12/h2-9,21H,1H3,(H,17,19)(H,18,20). The van der Waals surface area contributed by atoms with E-state index in [4.69, 9.17) is 9.62 Å². The van der Waals surface area contributed by atoms with Crippen LogP contribution in [0.5, 0.6) is 0 Å². The number of nitrogens with one attached hydrogen (secondary N) is 2. The van der Waals surface area contributed by atoms with Crippen molar-refractivity contribution in [2.24, 2.45) is 0 Å². The van der Waals surface area contributed by atoms with Gasteiger partial charge in [0.05, 0.1) is 10.9 Å². The maximum Gasteiger partial charge on any atom is 0.287 e. The Bertz CT molecular complexity index is 835. The first-order valence-electron chi connectivity index (χ1n) is 6.92. The van der Waals surface area contributed by atoms with E-state index >= 15 is 0 Å². The summed E-state index contributed by atoms with van der Waals surface area (Å²) < 4.78 is 5.52. The maximum absolute atomic E-state index is 12.3. The van der Waals surface area contributed by atoms with Crippen LogP contribution < -0.4 is 10.8 Å². The minimum atomic E-state index is -0.572. The average Bonchev–Trinajstić information content (AvgIpc) is 3.20. The molecular weight excluding hydrogens is 316 g/mol. The summed E-state index contributed by atoms with van der Waals surface area (Å²) >= 11 is 1.20. The van der Waals surface area contributed by atoms with Crippen molar-refractivity contribution in [2.45, 2.75) is 13.0 Å². The number of rotatable bonds is 4. The molecule has 118 valence electrons. The zero-order valence-corrected chi connectivity index (χ0v) is 13.0. The van der Waals surface area contributed by atoms with Crippen LogP contribution in [0.2, 0.25) is 0 Å². The summed E-state index contributed by atoms with van der Waals surface area (Å²) in [5, 5.41) is 12.3. The van der Waals surface area contributed by atoms with Gasteiger partial charge in [0.1, 0.15) is 5.58 Å². The Kier molecular flexibility index (Phi) is 4.14. The molecule has 0 saturated carbocycles. The summed E-state index contributed by atoms with van der Waals surface area (Å²) in [6.45, 7) is 1.81. The molecule has 0 bridgehead atoms. The fourth-order valence-electron chi connectivity index (χ4n) is 2.20. The second kappa shape index (κ2) is 6.23. The van der Waals surface area contributed by atoms with Gasteiger partial charge in [-0.1, -0.05) is 18.2 Å². The first kappa shape index (κ1) is 15.3. The zero-order chi connectivity index (χ0) is 16.4. The van der Waals surface area contributed by atoms with Crippen molar-refractivity contribution in [1.82, 2.24) is 10.8 Å². The van der Waals surface area contributed by atoms with Gasteiger partial charge in [-0.05, 0) is 31.2 Å². The van der Waals surface area contributed by atoms with E-state index in [-0.39, 0.29) is 17.7 Å². The highest BCUT2D eigenvalue weighted by Crippen LogP contribution is 2.24. The van der Waals surface area contributed by atoms with E-state index < -0.39 is 5.91 Å². The van der Waals surface area contributed by atoms with Gasteiger partial charge in [-0.2, -0.15) is 0 Å². The topological polar surface area (TPSA) is 91.6 Å². The largest absolute Gasteiger partial charge is 0.451 e. The maximum atomic E-state index is 12.3. The number of hydrogen-bond acceptors (Lipinski definition) is 5. The molecule has 7 heteroatoms. The molecule has 2 amide bonds. The molecule has 23 heavy (non-hydrogen) atoms. The molecule has 1 atom stereocenters. The lowest BCUT2D eigenvalue weighted by atomic mass is 10.2. The number of thiophene rings is 1. The molecule has 3 N–H and O–H groups in total. The van der Waals surface area contributed by atoms with Crippen molar-refractivity contribution in [2.75, 3.05) is 0 Å². The van der Waals surface area contributed by atoms with Crippen LogP contribution in [0.15, 0.2) is 46.9 Å². The van der Waals surface area contributed by atoms with E-state index in [0.717, 1.165) is 10.3 Å². The van der Waals surface area contributed by atoms with Crippen molar-refractivity contribution in [3.05, 3.63) is 58.0 Å². The molecule has 2 heterocycles. The molecule has 0 aliphatic rings. The van der Waals surface area contributed by atoms with Crippen molar-refractivity contribution in [1.29, 1.82) is 0 Å². The van der Waals surface area contributed by atoms with Gasteiger partial charge < -0.3 is 9.73 Å². The summed E-state index contributed by atoms with van der Waals surface area (Å²) in [4.78, 5) is 24.8. The van der Waals surface area contributed by atoms with Crippen LogP contribution >= 0.6 is 11.3 Å². The molecule has 0 aliphatic heterocycles. The number of fused-ring (bicyclic) bond motifs is 1. The molecule has 0 fully saturated rings. The van der Waals surface area contributed by atoms with Gasteiger partial charge in [0.2, 0.25) is 0 Å². The van der Waals surface area contributed by atoms with E-state index in [9.17, 15) is 9.59 Å². The quantitative estimate of drug-likeness (QED) is 0.506. The number of carbonyl (C=O) groups is 2. The molecule has 0 aliphatic carbocycles. The minimum Gasteiger partial charge on any atom is -0.451 e. The first-order valence-corrected chi connectivity index (χ1v) is 7.73. The highest BCUT2D eigenvalue weighted by molar-refractivity contribution is 7.14. The predicted molar refractivity (Wildman–Crippen MR) is 85.7 cm³/mol. The summed E-state index contributed by atoms with van der Waals surface area (Å²) in [7, 11) is 0. The van der Waals surface area contributed by atoms with Crippen molar-refractivity contribution < 1.29 is 19.2 Å². The summed E-state index contributed by atoms with van der Waals surface area (Å²) in [6, 6.07) is 12.1. The van der Waals surface area contributed by atoms with E-state index in [2.05, 4.69) is 5.32 Å². The van der Waals surface area contributed by atoms with Crippen molar-refractivity contribution in [3.63, 3.8) is 0 Å². The summed E-state index contributed by atoms with van der Waals surface area (Å²) in [6.07, 6.45) is 0. The summed E-state index contributed by atoms with van der Waals surface area (Å²) in [5.74, 6) is -0.657. The van der Waals surface area contributed by atoms with Crippen LogP contribution in [0.4, 0.5) is 0 Å². The second-order valence-electron chi connectivity index (χ2n) is 4.99. The Morgan fingerprint density at radius 1 is 1.17 bits per heavy atom. The molecule has 6 nitrogen and oxygen atoms in total. The number of carbonyl (C=O) groups excluding carboxylic acids is 2. The Hall–Kier alpha value is -2.64. The number of furan rings is 1. The van der Waals surface area contributed by atoms with Crippen LogP contribution in [-0.2, 0) is 0 Å². The third-order valence-electron chi connectivity index (χ3n) is 3.38. The Morgan fingerprint density at radius 2 is 1.96 bits per heavy atom. The van der Waals surface area contributed by atoms with Crippen LogP contribution in [0.1, 0.15) is 38.1 Å². The number of hydroxylamine groups is 1. The first-order chi connectivity index (χ1) is 11.1. The van der Waals surface area contributed by atoms with Gasteiger partial charge in [-0.15, -0.1) is 11.3 Å². The Balaban J connectivity index is 1.74. The smallest absolute Gasteiger partial charge is 0.287 e. The number of benzene rings is 1. The molecule has 2 aromatic heterocycles. The fraction of sp³-hybridized carbons (Fsp3) is 0.125. The number of hydrogen-bond donors (Lipinski definition) is 3. The third-order valence-corrected chi connectivity index (χ3v) is 4.64. The van der Waals surface area contributed by atoms with Gasteiger partial charge in [0.15, 0.2) is 5.76 Å². The number of amides is 2. The van der Waals surface area contributed by atoms with Crippen LogP contribution in [0.3, 0.4) is 0 Å². The summed E-state index contributed by atoms with van der Waals surface area (Å²) in [5.41, 5.74) is 2.24. The van der Waals surface area contributed by atoms with E-state index in [1.54, 1.807) is 29.7 Å². The van der Waals surface area contributed by atoms with Crippen molar-refractivity contribution in [3.8, 4) is 0 Å². The second-order valence-corrected chi connectivity index (χ2v) is 6.10. The van der Waals surface area contributed by atoms with Crippen LogP contribution in [-0.4, -0.2) is 17.0 Å². The molecule has 0 radical (unpaired) electrons. The number of para-hydroxylation sites is 1. The van der Waals surface area contributed by atoms with Gasteiger partial charge in [0, 0.05) is 10.3 Å². The molecule has 0 saturated heterocycles. The molecule has 3 aromatic rings. The fourth-order valence-corrected chi connectivity index (χ4v) is 3.10. The predicted octanol–water partition coefficient (Wildman–Crippen LogP) is 3.10. The average molecular weight is 330 g/mol. The highest BCUT2D eigenvalue weighted by atomic mass is 32.1. The van der Waals surface area contributed by atoms with Gasteiger partial charge in [0.25, 0.3) is 11.8 Å². The monoisotopic (exact) mass is 330 g/mol. The SMILES string of the molecule is CC(NC(=O)c1cc2ccccc2o1)c1ccc(C(=O)NO)s1. The minimum absolute atomic E-state index is 0.239. The zero-order valence-electron chi connectivity index (χ0n) is 12.2. The molecule has 3 rings (SSSR count). The van der Waals surface area contributed by atoms with Gasteiger partial charge in [-0.3, -0.25) is 14.8 Å². The normalized spacial score (nSPS) is 12.1. The lowest BCUT2D eigenvalue weighted by Gasteiger charge is -2.10. The van der Waals surface area contributed by atoms with Gasteiger partial charge in [-0.25, -0.2) is 5.48 Å². The van der Waals surface area contributed by atoms with E-state index in [1.165, 1.54) is 11.3 Å². The lowest BCUT2D eigenvalue weighted by molar-refractivity contribution is 0.0711. The lowest BCUT2D eigenvalue weighted by Crippen LogP contribution is -2.25. The van der Waals surface area contributed by atoms with Crippen LogP contribution in [0, 0.1) is 0 Å². The van der Waals surface area contributed by atoms with Crippen molar-refractivity contribution >= 4 is 34.1 Å². The van der Waals surface area contributed by atoms with Crippen LogP contribution in [0.25, 0.3) is 11.0 Å². The molecular formula is C16H14N2O4S. The molecule has 1 unspecified atom stereocenters. The van der Waals surface area contributed by atoms with E-state index in [1.807, 2.05) is 25.1 Å². The molecule has 0 spiro atoms. The Morgan fingerprint density at radius 3 is 2.70 bits per heavy atom. The third kappa shape index (κ3) is 3.10. The highest BCUT2D eigenvalue weighted by Gasteiger charge is 2.18. The Labute approximate surface area is 135 Å². The van der Waals surface area contributed by atoms with E-state index in [0.29, 0.717) is 10.5 Å². The van der Waals surface area contributed by atoms with Gasteiger partial charge >= 0.3 is 0 Å². The molecule has 1 aromatic carbocycles.